The Morgan fingerprint density at radius 2 is 2.02 bits per heavy atom. The first-order valence-corrected chi connectivity index (χ1v) is 14.7. The molecular weight excluding hydrogens is 547 g/mol. The van der Waals surface area contributed by atoms with Gasteiger partial charge in [-0.25, -0.2) is 14.2 Å². The molecule has 1 aromatic carbocycles. The number of aryl methyl sites for hydroxylation is 1. The van der Waals surface area contributed by atoms with Crippen LogP contribution in [0.5, 0.6) is 0 Å². The summed E-state index contributed by atoms with van der Waals surface area (Å²) in [6, 6.07) is 7.93. The molecule has 1 aliphatic heterocycles. The molecule has 0 spiro atoms. The van der Waals surface area contributed by atoms with Gasteiger partial charge in [-0.05, 0) is 64.6 Å². The summed E-state index contributed by atoms with van der Waals surface area (Å²) >= 11 is 0. The van der Waals surface area contributed by atoms with Crippen molar-refractivity contribution in [3.05, 3.63) is 71.2 Å². The Morgan fingerprint density at radius 1 is 1.23 bits per heavy atom. The number of carbonyl (C=O) groups excluding carboxylic acids is 1. The Bertz CT molecular complexity index is 1730. The van der Waals surface area contributed by atoms with Crippen LogP contribution >= 0.6 is 0 Å². The van der Waals surface area contributed by atoms with E-state index in [0.717, 1.165) is 43.4 Å². The summed E-state index contributed by atoms with van der Waals surface area (Å²) in [6.07, 6.45) is 7.08. The maximum absolute atomic E-state index is 14.1. The van der Waals surface area contributed by atoms with Crippen molar-refractivity contribution in [1.82, 2.24) is 39.7 Å². The average molecular weight is 585 g/mol. The molecule has 43 heavy (non-hydrogen) atoms. The molecule has 2 atom stereocenters. The van der Waals surface area contributed by atoms with E-state index in [-0.39, 0.29) is 23.9 Å². The van der Waals surface area contributed by atoms with Crippen LogP contribution in [0, 0.1) is 0 Å². The molecule has 0 radical (unpaired) electrons. The lowest BCUT2D eigenvalue weighted by molar-refractivity contribution is 0.152. The monoisotopic (exact) mass is 584 g/mol. The Morgan fingerprint density at radius 3 is 2.79 bits per heavy atom. The van der Waals surface area contributed by atoms with Crippen molar-refractivity contribution in [2.45, 2.75) is 45.2 Å². The third-order valence-corrected chi connectivity index (χ3v) is 8.26. The van der Waals surface area contributed by atoms with Crippen LogP contribution in [0.2, 0.25) is 0 Å². The molecule has 2 aliphatic rings. The third kappa shape index (κ3) is 5.87. The van der Waals surface area contributed by atoms with E-state index in [9.17, 15) is 9.18 Å². The first-order chi connectivity index (χ1) is 20.8. The molecule has 2 amide bonds. The van der Waals surface area contributed by atoms with Crippen LogP contribution < -0.4 is 10.6 Å². The summed E-state index contributed by atoms with van der Waals surface area (Å²) in [7, 11) is 2.05. The lowest BCUT2D eigenvalue weighted by Crippen LogP contribution is -2.51. The Kier molecular flexibility index (Phi) is 7.94. The number of benzene rings is 1. The quantitative estimate of drug-likeness (QED) is 0.217. The number of aliphatic imine (C=N–C) groups is 1. The number of halogens is 1. The molecule has 4 heterocycles. The molecular formula is C31H37FN10O. The van der Waals surface area contributed by atoms with Crippen molar-refractivity contribution >= 4 is 40.8 Å². The lowest BCUT2D eigenvalue weighted by Gasteiger charge is -2.33. The first-order valence-electron chi connectivity index (χ1n) is 14.7. The number of hydrogen-bond acceptors (Lipinski definition) is 7. The van der Waals surface area contributed by atoms with Gasteiger partial charge in [0.15, 0.2) is 11.5 Å². The zero-order valence-electron chi connectivity index (χ0n) is 24.8. The van der Waals surface area contributed by atoms with Gasteiger partial charge in [-0.15, -0.1) is 0 Å². The number of anilines is 1. The topological polar surface area (TPSA) is 119 Å². The molecule has 1 fully saturated rings. The predicted molar refractivity (Wildman–Crippen MR) is 167 cm³/mol. The third-order valence-electron chi connectivity index (χ3n) is 8.26. The van der Waals surface area contributed by atoms with Gasteiger partial charge in [-0.2, -0.15) is 14.6 Å². The highest BCUT2D eigenvalue weighted by molar-refractivity contribution is 5.85. The standard InChI is InChI=1S/C31H37FN10O/c1-19(32)15-21(17-33-3)28-38-29-25(20(2)35-31(43)41-13-11-40(4)12-14-41)18-34-42(29)30(39-28)36-22-9-10-27-24(16-22)23-7-5-6-8-26(23)37-27/h5-8,15,17-18,20,22,37H,3,9-14,16H2,1-2,4H3,(H,35,43)(H,36,38,39)/b19-15+,21-17+/t20-,22+/m0/s1. The van der Waals surface area contributed by atoms with E-state index in [1.807, 2.05) is 17.9 Å². The average Bonchev–Trinajstić information content (AvgIpc) is 3.59. The van der Waals surface area contributed by atoms with E-state index in [1.54, 1.807) is 10.7 Å². The van der Waals surface area contributed by atoms with Gasteiger partial charge in [0.05, 0.1) is 18.1 Å². The fourth-order valence-electron chi connectivity index (χ4n) is 5.93. The number of aromatic nitrogens is 5. The highest BCUT2D eigenvalue weighted by atomic mass is 19.1. The molecule has 3 aromatic heterocycles. The number of piperazine rings is 1. The molecule has 1 aliphatic carbocycles. The highest BCUT2D eigenvalue weighted by Crippen LogP contribution is 2.31. The van der Waals surface area contributed by atoms with E-state index >= 15 is 0 Å². The Hall–Kier alpha value is -4.58. The van der Waals surface area contributed by atoms with Crippen LogP contribution in [-0.4, -0.2) is 86.4 Å². The van der Waals surface area contributed by atoms with Crippen molar-refractivity contribution in [3.63, 3.8) is 0 Å². The minimum atomic E-state index is -0.409. The molecule has 4 aromatic rings. The van der Waals surface area contributed by atoms with Crippen molar-refractivity contribution in [2.75, 3.05) is 38.5 Å². The van der Waals surface area contributed by atoms with Gasteiger partial charge in [-0.1, -0.05) is 18.2 Å². The van der Waals surface area contributed by atoms with Gasteiger partial charge in [0, 0.05) is 66.2 Å². The number of nitrogens with zero attached hydrogens (tertiary/aromatic N) is 7. The minimum Gasteiger partial charge on any atom is -0.358 e. The maximum atomic E-state index is 14.1. The fourth-order valence-corrected chi connectivity index (χ4v) is 5.93. The number of aromatic amines is 1. The number of amides is 2. The summed E-state index contributed by atoms with van der Waals surface area (Å²) in [5.74, 6) is 0.355. The van der Waals surface area contributed by atoms with E-state index < -0.39 is 5.83 Å². The normalized spacial score (nSPS) is 19.0. The van der Waals surface area contributed by atoms with Crippen LogP contribution in [0.25, 0.3) is 22.1 Å². The Labute approximate surface area is 249 Å². The van der Waals surface area contributed by atoms with Gasteiger partial charge >= 0.3 is 6.03 Å². The number of nitrogens with one attached hydrogen (secondary N) is 3. The van der Waals surface area contributed by atoms with Crippen molar-refractivity contribution in [1.29, 1.82) is 0 Å². The van der Waals surface area contributed by atoms with Gasteiger partial charge in [0.2, 0.25) is 5.95 Å². The number of urea groups is 1. The molecule has 0 unspecified atom stereocenters. The first kappa shape index (κ1) is 28.5. The number of H-pyrrole nitrogens is 1. The zero-order valence-corrected chi connectivity index (χ0v) is 24.8. The molecule has 11 nitrogen and oxygen atoms in total. The van der Waals surface area contributed by atoms with Crippen LogP contribution in [-0.2, 0) is 12.8 Å². The number of fused-ring (bicyclic) bond motifs is 4. The van der Waals surface area contributed by atoms with E-state index in [0.29, 0.717) is 30.3 Å². The van der Waals surface area contributed by atoms with Gasteiger partial charge in [0.25, 0.3) is 0 Å². The number of carbonyl (C=O) groups is 1. The molecule has 6 rings (SSSR count). The summed E-state index contributed by atoms with van der Waals surface area (Å²) in [6.45, 7) is 9.81. The predicted octanol–water partition coefficient (Wildman–Crippen LogP) is 4.51. The van der Waals surface area contributed by atoms with Crippen LogP contribution in [0.4, 0.5) is 15.1 Å². The summed E-state index contributed by atoms with van der Waals surface area (Å²) in [4.78, 5) is 34.1. The molecule has 12 heteroatoms. The second kappa shape index (κ2) is 12.0. The van der Waals surface area contributed by atoms with Crippen molar-refractivity contribution in [3.8, 4) is 0 Å². The number of allylic oxidation sites excluding steroid dienone is 3. The summed E-state index contributed by atoms with van der Waals surface area (Å²) < 4.78 is 15.7. The van der Waals surface area contributed by atoms with Crippen LogP contribution in [0.3, 0.4) is 0 Å². The molecule has 3 N–H and O–H groups in total. The second-order valence-electron chi connectivity index (χ2n) is 11.4. The van der Waals surface area contributed by atoms with Crippen LogP contribution in [0.15, 0.2) is 53.6 Å². The lowest BCUT2D eigenvalue weighted by atomic mass is 9.91. The highest BCUT2D eigenvalue weighted by Gasteiger charge is 2.26. The molecule has 224 valence electrons. The Balaban J connectivity index is 1.34. The van der Waals surface area contributed by atoms with Gasteiger partial charge in [-0.3, -0.25) is 4.99 Å². The molecule has 0 saturated carbocycles. The molecule has 0 bridgehead atoms. The minimum absolute atomic E-state index is 0.0862. The number of para-hydroxylation sites is 1. The van der Waals surface area contributed by atoms with Crippen LogP contribution in [0.1, 0.15) is 49.0 Å². The number of rotatable bonds is 7. The fraction of sp³-hybridized carbons (Fsp3) is 0.387. The van der Waals surface area contributed by atoms with Crippen molar-refractivity contribution < 1.29 is 9.18 Å². The van der Waals surface area contributed by atoms with Gasteiger partial charge < -0.3 is 25.4 Å². The SMILES string of the molecule is C=N/C=C(\C=C(/C)F)c1nc(N[C@@H]2CCc3[nH]c4ccccc4c3C2)n2ncc([C@H](C)NC(=O)N3CCN(C)CC3)c2n1. The van der Waals surface area contributed by atoms with E-state index in [4.69, 9.17) is 9.97 Å². The number of likely N-dealkylation sites (N-methyl/N-ethyl adjacent to an activating group) is 1. The second-order valence-corrected chi connectivity index (χ2v) is 11.4. The van der Waals surface area contributed by atoms with E-state index in [2.05, 4.69) is 62.6 Å². The smallest absolute Gasteiger partial charge is 0.317 e. The maximum Gasteiger partial charge on any atom is 0.317 e. The van der Waals surface area contributed by atoms with Gasteiger partial charge in [0.1, 0.15) is 0 Å². The van der Waals surface area contributed by atoms with Crippen molar-refractivity contribution in [2.24, 2.45) is 4.99 Å². The summed E-state index contributed by atoms with van der Waals surface area (Å²) in [5.41, 5.74) is 5.34. The zero-order chi connectivity index (χ0) is 30.1. The largest absolute Gasteiger partial charge is 0.358 e. The summed E-state index contributed by atoms with van der Waals surface area (Å²) in [5, 5.41) is 12.6. The van der Waals surface area contributed by atoms with E-state index in [1.165, 1.54) is 35.8 Å². The number of hydrogen-bond donors (Lipinski definition) is 3. The molecule has 1 saturated heterocycles.